The van der Waals surface area contributed by atoms with Gasteiger partial charge in [0, 0.05) is 43.2 Å². The van der Waals surface area contributed by atoms with Crippen LogP contribution in [0.4, 0.5) is 0 Å². The molecule has 27 heavy (non-hydrogen) atoms. The summed E-state index contributed by atoms with van der Waals surface area (Å²) in [6.45, 7) is 4.60. The van der Waals surface area contributed by atoms with E-state index in [1.165, 1.54) is 0 Å². The lowest BCUT2D eigenvalue weighted by Gasteiger charge is -2.25. The maximum atomic E-state index is 11.0. The van der Waals surface area contributed by atoms with Crippen LogP contribution in [0.15, 0.2) is 36.7 Å². The molecule has 1 N–H and O–H groups in total. The van der Waals surface area contributed by atoms with Crippen LogP contribution < -0.4 is 4.74 Å². The minimum absolute atomic E-state index is 0.577. The van der Waals surface area contributed by atoms with Crippen molar-refractivity contribution in [1.29, 1.82) is 0 Å². The van der Waals surface area contributed by atoms with Crippen molar-refractivity contribution in [3.8, 4) is 5.75 Å². The van der Waals surface area contributed by atoms with Gasteiger partial charge in [0.15, 0.2) is 5.65 Å². The number of aromatic nitrogens is 3. The van der Waals surface area contributed by atoms with Crippen molar-refractivity contribution in [3.05, 3.63) is 59.0 Å². The van der Waals surface area contributed by atoms with Crippen molar-refractivity contribution < 1.29 is 9.84 Å². The Morgan fingerprint density at radius 2 is 2.07 bits per heavy atom. The summed E-state index contributed by atoms with van der Waals surface area (Å²) in [5.41, 5.74) is 4.77. The van der Waals surface area contributed by atoms with Gasteiger partial charge in [-0.25, -0.2) is 9.50 Å². The highest BCUT2D eigenvalue weighted by molar-refractivity contribution is 5.52. The molecule has 1 aromatic carbocycles. The van der Waals surface area contributed by atoms with E-state index in [1.54, 1.807) is 0 Å². The Labute approximate surface area is 158 Å². The zero-order chi connectivity index (χ0) is 19.0. The van der Waals surface area contributed by atoms with Crippen LogP contribution in [-0.2, 0) is 13.1 Å². The molecule has 0 saturated heterocycles. The van der Waals surface area contributed by atoms with Crippen LogP contribution in [0.5, 0.6) is 5.75 Å². The SMILES string of the molecule is Cc1cnc2c3c(nn2c1)CN(C(O)c1ccccc1OCCN(C)C)C3. The number of rotatable bonds is 6. The van der Waals surface area contributed by atoms with E-state index in [4.69, 9.17) is 4.74 Å². The molecule has 0 spiro atoms. The zero-order valence-corrected chi connectivity index (χ0v) is 16.0. The molecule has 0 radical (unpaired) electrons. The van der Waals surface area contributed by atoms with Crippen LogP contribution >= 0.6 is 0 Å². The van der Waals surface area contributed by atoms with Crippen molar-refractivity contribution in [2.75, 3.05) is 27.2 Å². The molecule has 2 aromatic heterocycles. The summed E-state index contributed by atoms with van der Waals surface area (Å²) in [5, 5.41) is 15.6. The van der Waals surface area contributed by atoms with Gasteiger partial charge >= 0.3 is 0 Å². The summed E-state index contributed by atoms with van der Waals surface area (Å²) in [5.74, 6) is 0.722. The summed E-state index contributed by atoms with van der Waals surface area (Å²) in [7, 11) is 4.02. The van der Waals surface area contributed by atoms with Crippen LogP contribution in [0.1, 0.15) is 28.6 Å². The van der Waals surface area contributed by atoms with E-state index in [-0.39, 0.29) is 0 Å². The lowest BCUT2D eigenvalue weighted by atomic mass is 10.1. The minimum atomic E-state index is -0.750. The molecule has 0 fully saturated rings. The first-order chi connectivity index (χ1) is 13.0. The average molecular weight is 367 g/mol. The van der Waals surface area contributed by atoms with Crippen molar-refractivity contribution >= 4 is 5.65 Å². The number of hydrogen-bond donors (Lipinski definition) is 1. The molecule has 7 heteroatoms. The number of nitrogens with zero attached hydrogens (tertiary/aromatic N) is 5. The molecule has 1 atom stereocenters. The number of ether oxygens (including phenoxy) is 1. The Bertz CT molecular complexity index is 953. The van der Waals surface area contributed by atoms with Crippen molar-refractivity contribution in [2.45, 2.75) is 26.2 Å². The second kappa shape index (κ2) is 7.26. The Morgan fingerprint density at radius 3 is 2.89 bits per heavy atom. The summed E-state index contributed by atoms with van der Waals surface area (Å²) in [4.78, 5) is 8.58. The van der Waals surface area contributed by atoms with E-state index in [1.807, 2.05) is 67.1 Å². The van der Waals surface area contributed by atoms with E-state index in [0.29, 0.717) is 19.7 Å². The van der Waals surface area contributed by atoms with Gasteiger partial charge in [0.2, 0.25) is 0 Å². The minimum Gasteiger partial charge on any atom is -0.492 e. The number of para-hydroxylation sites is 1. The molecule has 1 aliphatic heterocycles. The van der Waals surface area contributed by atoms with Crippen molar-refractivity contribution in [1.82, 2.24) is 24.4 Å². The van der Waals surface area contributed by atoms with E-state index >= 15 is 0 Å². The molecule has 0 aliphatic carbocycles. The third kappa shape index (κ3) is 3.53. The molecule has 7 nitrogen and oxygen atoms in total. The number of aliphatic hydroxyl groups is 1. The van der Waals surface area contributed by atoms with Crippen LogP contribution in [0.25, 0.3) is 5.65 Å². The first-order valence-electron chi connectivity index (χ1n) is 9.14. The van der Waals surface area contributed by atoms with Gasteiger partial charge < -0.3 is 14.7 Å². The summed E-state index contributed by atoms with van der Waals surface area (Å²) < 4.78 is 7.75. The molecule has 0 bridgehead atoms. The fourth-order valence-electron chi connectivity index (χ4n) is 3.39. The molecule has 4 rings (SSSR count). The van der Waals surface area contributed by atoms with Gasteiger partial charge in [-0.1, -0.05) is 18.2 Å². The molecule has 1 unspecified atom stereocenters. The highest BCUT2D eigenvalue weighted by Gasteiger charge is 2.31. The lowest BCUT2D eigenvalue weighted by Crippen LogP contribution is -2.25. The van der Waals surface area contributed by atoms with Crippen LogP contribution in [0.2, 0.25) is 0 Å². The second-order valence-corrected chi connectivity index (χ2v) is 7.29. The monoisotopic (exact) mass is 367 g/mol. The highest BCUT2D eigenvalue weighted by Crippen LogP contribution is 2.34. The quantitative estimate of drug-likeness (QED) is 0.719. The van der Waals surface area contributed by atoms with Gasteiger partial charge in [-0.3, -0.25) is 4.90 Å². The molecule has 0 saturated carbocycles. The summed E-state index contributed by atoms with van der Waals surface area (Å²) in [6.07, 6.45) is 3.08. The summed E-state index contributed by atoms with van der Waals surface area (Å²) >= 11 is 0. The van der Waals surface area contributed by atoms with Crippen molar-refractivity contribution in [2.24, 2.45) is 0 Å². The Morgan fingerprint density at radius 1 is 1.26 bits per heavy atom. The molecule has 1 aliphatic rings. The lowest BCUT2D eigenvalue weighted by molar-refractivity contribution is -0.00440. The van der Waals surface area contributed by atoms with Gasteiger partial charge in [-0.2, -0.15) is 5.10 Å². The standard InChI is InChI=1S/C20H25N5O2/c1-14-10-21-19-16-12-24(13-17(16)22-25(19)11-14)20(26)15-6-4-5-7-18(15)27-9-8-23(2)3/h4-7,10-11,20,26H,8-9,12-13H2,1-3H3. The van der Waals surface area contributed by atoms with Gasteiger partial charge in [0.05, 0.1) is 5.69 Å². The Balaban J connectivity index is 1.53. The van der Waals surface area contributed by atoms with E-state index in [9.17, 15) is 5.11 Å². The van der Waals surface area contributed by atoms with Crippen molar-refractivity contribution in [3.63, 3.8) is 0 Å². The number of fused-ring (bicyclic) bond motifs is 3. The normalized spacial score (nSPS) is 15.4. The predicted molar refractivity (Wildman–Crippen MR) is 102 cm³/mol. The number of hydrogen-bond acceptors (Lipinski definition) is 6. The molecule has 3 aromatic rings. The zero-order valence-electron chi connectivity index (χ0n) is 16.0. The fourth-order valence-corrected chi connectivity index (χ4v) is 3.39. The molecule has 142 valence electrons. The maximum Gasteiger partial charge on any atom is 0.159 e. The summed E-state index contributed by atoms with van der Waals surface area (Å²) in [6, 6.07) is 7.68. The smallest absolute Gasteiger partial charge is 0.159 e. The topological polar surface area (TPSA) is 66.1 Å². The van der Waals surface area contributed by atoms with Gasteiger partial charge in [-0.05, 0) is 32.6 Å². The van der Waals surface area contributed by atoms with E-state index in [0.717, 1.165) is 40.3 Å². The fraction of sp³-hybridized carbons (Fsp3) is 0.400. The number of aryl methyl sites for hydroxylation is 1. The van der Waals surface area contributed by atoms with Crippen LogP contribution in [0, 0.1) is 6.92 Å². The Kier molecular flexibility index (Phi) is 4.82. The molecular weight excluding hydrogens is 342 g/mol. The van der Waals surface area contributed by atoms with Gasteiger partial charge in [-0.15, -0.1) is 0 Å². The van der Waals surface area contributed by atoms with Gasteiger partial charge in [0.25, 0.3) is 0 Å². The first-order valence-corrected chi connectivity index (χ1v) is 9.14. The number of benzene rings is 1. The number of aliphatic hydroxyl groups excluding tert-OH is 1. The van der Waals surface area contributed by atoms with Crippen LogP contribution in [0.3, 0.4) is 0 Å². The van der Waals surface area contributed by atoms with E-state index in [2.05, 4.69) is 15.0 Å². The third-order valence-corrected chi connectivity index (χ3v) is 4.83. The van der Waals surface area contributed by atoms with Gasteiger partial charge in [0.1, 0.15) is 18.6 Å². The first kappa shape index (κ1) is 17.9. The molecule has 0 amide bonds. The second-order valence-electron chi connectivity index (χ2n) is 7.29. The molecular formula is C20H25N5O2. The number of likely N-dealkylation sites (N-methyl/N-ethyl adjacent to an activating group) is 1. The van der Waals surface area contributed by atoms with Crippen LogP contribution in [-0.4, -0.2) is 56.8 Å². The largest absolute Gasteiger partial charge is 0.492 e. The Hall–Kier alpha value is -2.48. The highest BCUT2D eigenvalue weighted by atomic mass is 16.5. The molecule has 3 heterocycles. The average Bonchev–Trinajstić information content (AvgIpc) is 3.18. The third-order valence-electron chi connectivity index (χ3n) is 4.83. The maximum absolute atomic E-state index is 11.0. The predicted octanol–water partition coefficient (Wildman–Crippen LogP) is 1.98. The van der Waals surface area contributed by atoms with E-state index < -0.39 is 6.23 Å².